The minimum absolute atomic E-state index is 0.498. The number of anilines is 6. The Morgan fingerprint density at radius 2 is 0.761 bits per heavy atom. The molecule has 0 atom stereocenters. The van der Waals surface area contributed by atoms with Crippen LogP contribution in [0.15, 0.2) is 252 Å². The number of para-hydroxylation sites is 3. The van der Waals surface area contributed by atoms with E-state index in [1.807, 2.05) is 23.1 Å². The Labute approximate surface area is 397 Å². The van der Waals surface area contributed by atoms with Crippen molar-refractivity contribution in [1.29, 1.82) is 0 Å². The van der Waals surface area contributed by atoms with Crippen LogP contribution in [0.4, 0.5) is 34.1 Å². The smallest absolute Gasteiger partial charge is 0.0736 e. The van der Waals surface area contributed by atoms with Crippen LogP contribution in [-0.4, -0.2) is 0 Å². The molecule has 0 unspecified atom stereocenters. The molecule has 1 aliphatic carbocycles. The van der Waals surface area contributed by atoms with Crippen LogP contribution in [0, 0.1) is 0 Å². The Hall–Kier alpha value is -7.89. The van der Waals surface area contributed by atoms with Gasteiger partial charge in [-0.25, -0.2) is 0 Å². The maximum absolute atomic E-state index is 2.59. The van der Waals surface area contributed by atoms with Gasteiger partial charge in [0.05, 0.1) is 31.9 Å². The van der Waals surface area contributed by atoms with Gasteiger partial charge in [0.1, 0.15) is 0 Å². The molecular weight excluding hydrogens is 849 g/mol. The van der Waals surface area contributed by atoms with Crippen molar-refractivity contribution in [2.24, 2.45) is 0 Å². The second-order valence-electron chi connectivity index (χ2n) is 17.5. The minimum Gasteiger partial charge on any atom is -0.308 e. The molecule has 4 heteroatoms. The van der Waals surface area contributed by atoms with Crippen molar-refractivity contribution in [2.75, 3.05) is 9.80 Å². The van der Waals surface area contributed by atoms with Gasteiger partial charge in [0, 0.05) is 54.0 Å². The van der Waals surface area contributed by atoms with Crippen molar-refractivity contribution in [2.45, 2.75) is 15.2 Å². The van der Waals surface area contributed by atoms with Crippen molar-refractivity contribution in [3.05, 3.63) is 265 Å². The molecule has 0 N–H and O–H groups in total. The van der Waals surface area contributed by atoms with Crippen LogP contribution in [0.3, 0.4) is 0 Å². The third-order valence-electron chi connectivity index (χ3n) is 14.0. The molecule has 0 saturated heterocycles. The molecule has 0 amide bonds. The van der Waals surface area contributed by atoms with Gasteiger partial charge >= 0.3 is 0 Å². The first-order valence-electron chi connectivity index (χ1n) is 22.9. The van der Waals surface area contributed by atoms with Crippen LogP contribution in [0.25, 0.3) is 52.8 Å². The summed E-state index contributed by atoms with van der Waals surface area (Å²) in [6, 6.07) is 90.0. The van der Waals surface area contributed by atoms with E-state index in [2.05, 4.69) is 252 Å². The maximum Gasteiger partial charge on any atom is 0.0736 e. The van der Waals surface area contributed by atoms with E-state index in [4.69, 9.17) is 0 Å². The summed E-state index contributed by atoms with van der Waals surface area (Å²) in [6.07, 6.45) is 0. The minimum atomic E-state index is -0.498. The fourth-order valence-electron chi connectivity index (χ4n) is 11.4. The van der Waals surface area contributed by atoms with E-state index in [1.54, 1.807) is 0 Å². The van der Waals surface area contributed by atoms with Gasteiger partial charge in [-0.05, 0) is 105 Å². The molecule has 1 aliphatic heterocycles. The zero-order valence-electron chi connectivity index (χ0n) is 36.3. The molecule has 11 aromatic carbocycles. The highest BCUT2D eigenvalue weighted by atomic mass is 32.2. The molecule has 67 heavy (non-hydrogen) atoms. The van der Waals surface area contributed by atoms with Gasteiger partial charge in [-0.1, -0.05) is 188 Å². The Bertz CT molecular complexity index is 3830. The zero-order chi connectivity index (χ0) is 44.1. The Kier molecular flexibility index (Phi) is 8.64. The fraction of sp³-hybridized carbons (Fsp3) is 0.0159. The van der Waals surface area contributed by atoms with Crippen LogP contribution < -0.4 is 9.80 Å². The number of thiophene rings is 1. The molecule has 1 spiro atoms. The van der Waals surface area contributed by atoms with Crippen molar-refractivity contribution >= 4 is 98.9 Å². The SMILES string of the molecule is c1ccc(N(c2ccccc2)c2c3ccccc3cc3c2sc2c(N(c4ccccc4)c4cccc5c4-c4ccccc4C54c5ccccc5Sc5ccccc54)c4ccccc4cc23)cc1. The van der Waals surface area contributed by atoms with E-state index < -0.39 is 5.41 Å². The van der Waals surface area contributed by atoms with Gasteiger partial charge in [0.2, 0.25) is 0 Å². The molecule has 0 bridgehead atoms. The van der Waals surface area contributed by atoms with Crippen LogP contribution >= 0.6 is 23.1 Å². The predicted molar refractivity (Wildman–Crippen MR) is 285 cm³/mol. The Morgan fingerprint density at radius 3 is 1.33 bits per heavy atom. The molecule has 2 nitrogen and oxygen atoms in total. The summed E-state index contributed by atoms with van der Waals surface area (Å²) in [4.78, 5) is 7.67. The van der Waals surface area contributed by atoms with Gasteiger partial charge in [0.25, 0.3) is 0 Å². The predicted octanol–water partition coefficient (Wildman–Crippen LogP) is 18.1. The van der Waals surface area contributed by atoms with E-state index in [0.29, 0.717) is 0 Å². The second kappa shape index (κ2) is 15.1. The van der Waals surface area contributed by atoms with Crippen molar-refractivity contribution in [1.82, 2.24) is 0 Å². The molecule has 0 saturated carbocycles. The number of hydrogen-bond donors (Lipinski definition) is 0. The van der Waals surface area contributed by atoms with Gasteiger partial charge in [0.15, 0.2) is 0 Å². The first-order chi connectivity index (χ1) is 33.3. The highest BCUT2D eigenvalue weighted by molar-refractivity contribution is 7.99. The largest absolute Gasteiger partial charge is 0.308 e. The lowest BCUT2D eigenvalue weighted by atomic mass is 9.67. The third kappa shape index (κ3) is 5.58. The number of hydrogen-bond acceptors (Lipinski definition) is 4. The molecule has 0 radical (unpaired) electrons. The summed E-state index contributed by atoms with van der Waals surface area (Å²) >= 11 is 3.81. The van der Waals surface area contributed by atoms with Crippen LogP contribution in [0.2, 0.25) is 0 Å². The van der Waals surface area contributed by atoms with Gasteiger partial charge in [-0.3, -0.25) is 0 Å². The standard InChI is InChI=1S/C63H40N2S2/c1-4-23-43(24-5-1)64(44-25-6-2-7-26-44)59-46-29-12-10-21-41(46)39-49-50-40-42-22-11-13-30-47(42)60(62(50)67-61(49)59)65(45-27-8-3-9-28-45)55-36-20-35-54-58(55)48-31-14-15-32-51(48)63(54)52-33-16-18-37-56(52)66-57-38-19-17-34-53(57)63/h1-40H. The molecule has 1 aromatic heterocycles. The highest BCUT2D eigenvalue weighted by Crippen LogP contribution is 2.65. The van der Waals surface area contributed by atoms with E-state index in [1.165, 1.54) is 96.3 Å². The van der Waals surface area contributed by atoms with Gasteiger partial charge in [-0.2, -0.15) is 0 Å². The van der Waals surface area contributed by atoms with Gasteiger partial charge < -0.3 is 9.80 Å². The summed E-state index contributed by atoms with van der Waals surface area (Å²) in [5, 5.41) is 7.35. The molecule has 14 rings (SSSR count). The summed E-state index contributed by atoms with van der Waals surface area (Å²) in [6.45, 7) is 0. The van der Waals surface area contributed by atoms with Crippen molar-refractivity contribution in [3.63, 3.8) is 0 Å². The topological polar surface area (TPSA) is 6.48 Å². The van der Waals surface area contributed by atoms with Crippen LogP contribution in [0.5, 0.6) is 0 Å². The lowest BCUT2D eigenvalue weighted by Gasteiger charge is -2.39. The van der Waals surface area contributed by atoms with E-state index >= 15 is 0 Å². The number of benzene rings is 11. The van der Waals surface area contributed by atoms with Crippen LogP contribution in [0.1, 0.15) is 22.3 Å². The molecule has 12 aromatic rings. The Morgan fingerprint density at radius 1 is 0.328 bits per heavy atom. The van der Waals surface area contributed by atoms with E-state index in [9.17, 15) is 0 Å². The second-order valence-corrected chi connectivity index (χ2v) is 19.6. The summed E-state index contributed by atoms with van der Waals surface area (Å²) in [5.41, 5.74) is 14.3. The average Bonchev–Trinajstić information content (AvgIpc) is 3.91. The van der Waals surface area contributed by atoms with Crippen molar-refractivity contribution < 1.29 is 0 Å². The van der Waals surface area contributed by atoms with E-state index in [0.717, 1.165) is 22.7 Å². The molecular formula is C63H40N2S2. The number of rotatable bonds is 6. The highest BCUT2D eigenvalue weighted by Gasteiger charge is 2.51. The van der Waals surface area contributed by atoms with Crippen molar-refractivity contribution in [3.8, 4) is 11.1 Å². The monoisotopic (exact) mass is 888 g/mol. The summed E-state index contributed by atoms with van der Waals surface area (Å²) in [5.74, 6) is 0. The molecule has 2 heterocycles. The maximum atomic E-state index is 2.59. The van der Waals surface area contributed by atoms with Crippen LogP contribution in [-0.2, 0) is 5.41 Å². The van der Waals surface area contributed by atoms with E-state index in [-0.39, 0.29) is 0 Å². The molecule has 2 aliphatic rings. The quantitative estimate of drug-likeness (QED) is 0.164. The fourth-order valence-corrected chi connectivity index (χ4v) is 13.9. The molecule has 314 valence electrons. The first-order valence-corrected chi connectivity index (χ1v) is 24.6. The Balaban J connectivity index is 1.12. The summed E-state index contributed by atoms with van der Waals surface area (Å²) in [7, 11) is 0. The summed E-state index contributed by atoms with van der Waals surface area (Å²) < 4.78 is 2.50. The third-order valence-corrected chi connectivity index (χ3v) is 16.4. The lowest BCUT2D eigenvalue weighted by Crippen LogP contribution is -2.32. The number of fused-ring (bicyclic) bond motifs is 14. The zero-order valence-corrected chi connectivity index (χ0v) is 37.9. The number of nitrogens with zero attached hydrogens (tertiary/aromatic N) is 2. The normalized spacial score (nSPS) is 13.1. The van der Waals surface area contributed by atoms with Gasteiger partial charge in [-0.15, -0.1) is 11.3 Å². The lowest BCUT2D eigenvalue weighted by molar-refractivity contribution is 0.722. The molecule has 0 fully saturated rings. The average molecular weight is 889 g/mol. The first kappa shape index (κ1) is 38.4.